The third-order valence-electron chi connectivity index (χ3n) is 4.87. The molecule has 154 valence electrons. The van der Waals surface area contributed by atoms with Crippen LogP contribution in [0.25, 0.3) is 11.0 Å². The van der Waals surface area contributed by atoms with E-state index in [2.05, 4.69) is 27.1 Å². The number of thioether (sulfide) groups is 1. The van der Waals surface area contributed by atoms with Gasteiger partial charge in [0, 0.05) is 12.1 Å². The van der Waals surface area contributed by atoms with Gasteiger partial charge in [0.2, 0.25) is 5.91 Å². The molecule has 1 heterocycles. The number of para-hydroxylation sites is 3. The quantitative estimate of drug-likeness (QED) is 0.560. The highest BCUT2D eigenvalue weighted by molar-refractivity contribution is 8.00. The first kappa shape index (κ1) is 21.2. The van der Waals surface area contributed by atoms with Gasteiger partial charge in [0.25, 0.3) is 0 Å². The zero-order valence-corrected chi connectivity index (χ0v) is 18.1. The summed E-state index contributed by atoms with van der Waals surface area (Å²) in [7, 11) is 5.67. The number of aromatic amines is 1. The van der Waals surface area contributed by atoms with Crippen molar-refractivity contribution in [1.29, 1.82) is 0 Å². The molecule has 0 bridgehead atoms. The summed E-state index contributed by atoms with van der Waals surface area (Å²) in [5, 5.41) is 3.16. The average Bonchev–Trinajstić information content (AvgIpc) is 3.16. The molecule has 2 aromatic carbocycles. The summed E-state index contributed by atoms with van der Waals surface area (Å²) in [6, 6.07) is 15.9. The van der Waals surface area contributed by atoms with Crippen molar-refractivity contribution in [1.82, 2.24) is 20.2 Å². The molecule has 0 saturated carbocycles. The highest BCUT2D eigenvalue weighted by atomic mass is 32.2. The Bertz CT molecular complexity index is 924. The zero-order valence-electron chi connectivity index (χ0n) is 17.3. The second kappa shape index (κ2) is 9.80. The van der Waals surface area contributed by atoms with Crippen molar-refractivity contribution in [3.05, 3.63) is 59.9 Å². The van der Waals surface area contributed by atoms with Gasteiger partial charge in [-0.25, -0.2) is 4.98 Å². The molecule has 0 spiro atoms. The molecular weight excluding hydrogens is 384 g/mol. The van der Waals surface area contributed by atoms with Crippen molar-refractivity contribution in [2.75, 3.05) is 33.5 Å². The van der Waals surface area contributed by atoms with Gasteiger partial charge < -0.3 is 19.9 Å². The molecule has 0 aliphatic carbocycles. The maximum absolute atomic E-state index is 12.5. The molecule has 3 rings (SSSR count). The maximum Gasteiger partial charge on any atom is 0.230 e. The third kappa shape index (κ3) is 5.31. The number of fused-ring (bicyclic) bond motifs is 1. The van der Waals surface area contributed by atoms with Crippen molar-refractivity contribution in [3.8, 4) is 5.75 Å². The second-order valence-electron chi connectivity index (χ2n) is 7.12. The molecule has 0 aliphatic heterocycles. The van der Waals surface area contributed by atoms with Crippen molar-refractivity contribution < 1.29 is 9.53 Å². The second-order valence-corrected chi connectivity index (χ2v) is 8.45. The number of aromatic nitrogens is 2. The molecule has 2 unspecified atom stereocenters. The highest BCUT2D eigenvalue weighted by Crippen LogP contribution is 2.29. The van der Waals surface area contributed by atoms with E-state index >= 15 is 0 Å². The van der Waals surface area contributed by atoms with Crippen LogP contribution in [-0.4, -0.2) is 54.3 Å². The maximum atomic E-state index is 12.5. The first-order valence-electron chi connectivity index (χ1n) is 9.62. The van der Waals surface area contributed by atoms with E-state index in [9.17, 15) is 4.79 Å². The Morgan fingerprint density at radius 2 is 1.93 bits per heavy atom. The summed E-state index contributed by atoms with van der Waals surface area (Å²) in [6.07, 6.45) is 0. The minimum absolute atomic E-state index is 0.0136. The topological polar surface area (TPSA) is 70.2 Å². The predicted molar refractivity (Wildman–Crippen MR) is 119 cm³/mol. The van der Waals surface area contributed by atoms with Crippen LogP contribution in [0.3, 0.4) is 0 Å². The number of hydrogen-bond acceptors (Lipinski definition) is 5. The van der Waals surface area contributed by atoms with E-state index in [4.69, 9.17) is 4.74 Å². The average molecular weight is 413 g/mol. The van der Waals surface area contributed by atoms with Crippen LogP contribution >= 0.6 is 11.8 Å². The van der Waals surface area contributed by atoms with Gasteiger partial charge in [0.1, 0.15) is 11.6 Å². The number of methoxy groups -OCH3 is 1. The number of hydrogen-bond donors (Lipinski definition) is 2. The molecule has 7 heteroatoms. The number of benzene rings is 2. The van der Waals surface area contributed by atoms with Gasteiger partial charge in [0.05, 0.1) is 35.2 Å². The number of nitrogens with one attached hydrogen (secondary N) is 2. The van der Waals surface area contributed by atoms with Crippen molar-refractivity contribution in [2.24, 2.45) is 0 Å². The van der Waals surface area contributed by atoms with Gasteiger partial charge in [-0.05, 0) is 39.2 Å². The van der Waals surface area contributed by atoms with E-state index in [1.807, 2.05) is 62.6 Å². The van der Waals surface area contributed by atoms with Crippen LogP contribution in [0.15, 0.2) is 48.5 Å². The molecule has 0 radical (unpaired) electrons. The lowest BCUT2D eigenvalue weighted by Gasteiger charge is -2.26. The van der Waals surface area contributed by atoms with Crippen LogP contribution < -0.4 is 10.1 Å². The van der Waals surface area contributed by atoms with Crippen molar-refractivity contribution in [2.45, 2.75) is 18.2 Å². The number of ether oxygens (including phenoxy) is 1. The summed E-state index contributed by atoms with van der Waals surface area (Å²) in [5.74, 6) is 2.11. The van der Waals surface area contributed by atoms with Crippen LogP contribution in [-0.2, 0) is 4.79 Å². The van der Waals surface area contributed by atoms with Gasteiger partial charge in [-0.15, -0.1) is 11.8 Å². The van der Waals surface area contributed by atoms with Gasteiger partial charge in [-0.3, -0.25) is 4.79 Å². The molecule has 6 nitrogen and oxygen atoms in total. The Balaban J connectivity index is 1.55. The molecule has 3 aromatic rings. The number of nitrogens with zero attached hydrogens (tertiary/aromatic N) is 2. The smallest absolute Gasteiger partial charge is 0.230 e. The van der Waals surface area contributed by atoms with E-state index < -0.39 is 0 Å². The molecule has 0 aliphatic rings. The lowest BCUT2D eigenvalue weighted by atomic mass is 10.0. The first-order chi connectivity index (χ1) is 14.0. The van der Waals surface area contributed by atoms with Crippen LogP contribution in [0.1, 0.15) is 29.6 Å². The molecule has 1 aromatic heterocycles. The number of carbonyl (C=O) groups excluding carboxylic acids is 1. The summed E-state index contributed by atoms with van der Waals surface area (Å²) in [6.45, 7) is 2.58. The van der Waals surface area contributed by atoms with Gasteiger partial charge in [0.15, 0.2) is 0 Å². The Labute approximate surface area is 176 Å². The number of imidazole rings is 1. The number of likely N-dealkylation sites (N-methyl/N-ethyl adjacent to an activating group) is 1. The monoisotopic (exact) mass is 412 g/mol. The fourth-order valence-electron chi connectivity index (χ4n) is 3.22. The Kier molecular flexibility index (Phi) is 7.17. The molecular formula is C22H28N4O2S. The molecule has 0 saturated heterocycles. The standard InChI is InChI=1S/C22H28N4O2S/c1-15(22-24-17-10-6-7-11-18(17)25-22)29-14-21(27)23-13-19(26(2)3)16-9-5-8-12-20(16)28-4/h5-12,15,19H,13-14H2,1-4H3,(H,23,27)(H,24,25). The third-order valence-corrected chi connectivity index (χ3v) is 6.02. The van der Waals surface area contributed by atoms with E-state index in [-0.39, 0.29) is 17.2 Å². The van der Waals surface area contributed by atoms with Crippen LogP contribution in [0, 0.1) is 0 Å². The number of carbonyl (C=O) groups is 1. The molecule has 2 N–H and O–H groups in total. The Hall–Kier alpha value is -2.51. The summed E-state index contributed by atoms with van der Waals surface area (Å²) in [5.41, 5.74) is 3.03. The lowest BCUT2D eigenvalue weighted by molar-refractivity contribution is -0.118. The largest absolute Gasteiger partial charge is 0.496 e. The predicted octanol–water partition coefficient (Wildman–Crippen LogP) is 3.78. The van der Waals surface area contributed by atoms with Crippen molar-refractivity contribution >= 4 is 28.7 Å². The highest BCUT2D eigenvalue weighted by Gasteiger charge is 2.19. The molecule has 1 amide bonds. The van der Waals surface area contributed by atoms with Gasteiger partial charge in [-0.2, -0.15) is 0 Å². The molecule has 2 atom stereocenters. The van der Waals surface area contributed by atoms with E-state index in [1.54, 1.807) is 18.9 Å². The van der Waals surface area contributed by atoms with Gasteiger partial charge in [-0.1, -0.05) is 30.3 Å². The number of rotatable bonds is 9. The molecule has 0 fully saturated rings. The summed E-state index contributed by atoms with van der Waals surface area (Å²) in [4.78, 5) is 22.5. The van der Waals surface area contributed by atoms with E-state index in [1.165, 1.54) is 0 Å². The number of amides is 1. The van der Waals surface area contributed by atoms with Gasteiger partial charge >= 0.3 is 0 Å². The normalized spacial score (nSPS) is 13.4. The minimum Gasteiger partial charge on any atom is -0.496 e. The van der Waals surface area contributed by atoms with Crippen molar-refractivity contribution in [3.63, 3.8) is 0 Å². The van der Waals surface area contributed by atoms with Crippen LogP contribution in [0.2, 0.25) is 0 Å². The van der Waals surface area contributed by atoms with Crippen LogP contribution in [0.4, 0.5) is 0 Å². The lowest BCUT2D eigenvalue weighted by Crippen LogP contribution is -2.35. The SMILES string of the molecule is COc1ccccc1C(CNC(=O)CSC(C)c1nc2ccccc2[nH]1)N(C)C. The Morgan fingerprint density at radius 1 is 1.21 bits per heavy atom. The summed E-state index contributed by atoms with van der Waals surface area (Å²) >= 11 is 1.57. The number of H-pyrrole nitrogens is 1. The summed E-state index contributed by atoms with van der Waals surface area (Å²) < 4.78 is 5.48. The minimum atomic E-state index is 0.0136. The van der Waals surface area contributed by atoms with Crippen LogP contribution in [0.5, 0.6) is 5.75 Å². The van der Waals surface area contributed by atoms with E-state index in [0.717, 1.165) is 28.2 Å². The van der Waals surface area contributed by atoms with E-state index in [0.29, 0.717) is 12.3 Å². The Morgan fingerprint density at radius 3 is 2.66 bits per heavy atom. The zero-order chi connectivity index (χ0) is 20.8. The fourth-order valence-corrected chi connectivity index (χ4v) is 3.99. The molecule has 29 heavy (non-hydrogen) atoms. The fraction of sp³-hybridized carbons (Fsp3) is 0.364. The first-order valence-corrected chi connectivity index (χ1v) is 10.7.